The van der Waals surface area contributed by atoms with E-state index in [9.17, 15) is 4.79 Å². The van der Waals surface area contributed by atoms with E-state index in [4.69, 9.17) is 14.2 Å². The second-order valence-corrected chi connectivity index (χ2v) is 7.83. The Labute approximate surface area is 172 Å². The van der Waals surface area contributed by atoms with Gasteiger partial charge in [-0.15, -0.1) is 0 Å². The molecule has 29 heavy (non-hydrogen) atoms. The molecule has 0 bridgehead atoms. The van der Waals surface area contributed by atoms with Gasteiger partial charge in [0.15, 0.2) is 0 Å². The Morgan fingerprint density at radius 1 is 1.03 bits per heavy atom. The van der Waals surface area contributed by atoms with Crippen LogP contribution in [-0.4, -0.2) is 25.7 Å². The summed E-state index contributed by atoms with van der Waals surface area (Å²) in [5.41, 5.74) is 4.89. The quantitative estimate of drug-likeness (QED) is 0.670. The second-order valence-electron chi connectivity index (χ2n) is 7.83. The predicted molar refractivity (Wildman–Crippen MR) is 112 cm³/mol. The fraction of sp³-hybridized carbons (Fsp3) is 0.458. The molecule has 0 radical (unpaired) electrons. The zero-order valence-electron chi connectivity index (χ0n) is 17.5. The van der Waals surface area contributed by atoms with Crippen molar-refractivity contribution in [3.8, 4) is 5.75 Å². The smallest absolute Gasteiger partial charge is 0.292 e. The summed E-state index contributed by atoms with van der Waals surface area (Å²) in [6.07, 6.45) is 2.95. The molecule has 1 spiro atoms. The summed E-state index contributed by atoms with van der Waals surface area (Å²) >= 11 is 0. The number of fused-ring (bicyclic) bond motifs is 2. The summed E-state index contributed by atoms with van der Waals surface area (Å²) in [5.74, 6) is -0.571. The van der Waals surface area contributed by atoms with Gasteiger partial charge in [0.05, 0.1) is 32.1 Å². The Bertz CT molecular complexity index is 884. The van der Waals surface area contributed by atoms with E-state index >= 15 is 0 Å². The van der Waals surface area contributed by atoms with Crippen LogP contribution in [0.4, 0.5) is 5.69 Å². The Balaban J connectivity index is 1.63. The number of anilines is 1. The van der Waals surface area contributed by atoms with Gasteiger partial charge in [-0.3, -0.25) is 4.79 Å². The number of benzene rings is 2. The van der Waals surface area contributed by atoms with Crippen molar-refractivity contribution in [3.05, 3.63) is 58.7 Å². The van der Waals surface area contributed by atoms with Crippen LogP contribution in [0, 0.1) is 13.8 Å². The molecule has 5 nitrogen and oxygen atoms in total. The minimum atomic E-state index is -1.30. The normalized spacial score (nSPS) is 17.6. The first-order valence-corrected chi connectivity index (χ1v) is 10.5. The number of unbranched alkanes of at least 4 members (excludes halogenated alkanes) is 1. The summed E-state index contributed by atoms with van der Waals surface area (Å²) in [4.78, 5) is 15.4. The van der Waals surface area contributed by atoms with Crippen LogP contribution in [0.1, 0.15) is 48.4 Å². The molecule has 2 heterocycles. The fourth-order valence-corrected chi connectivity index (χ4v) is 4.10. The molecule has 1 fully saturated rings. The van der Waals surface area contributed by atoms with Crippen LogP contribution in [0.3, 0.4) is 0 Å². The molecule has 0 atom stereocenters. The maximum absolute atomic E-state index is 13.5. The minimum Gasteiger partial charge on any atom is -0.494 e. The van der Waals surface area contributed by atoms with E-state index in [0.29, 0.717) is 19.8 Å². The van der Waals surface area contributed by atoms with Crippen LogP contribution in [0.5, 0.6) is 5.75 Å². The molecule has 2 aromatic rings. The minimum absolute atomic E-state index is 0.132. The molecule has 2 aliphatic heterocycles. The highest BCUT2D eigenvalue weighted by atomic mass is 16.7. The van der Waals surface area contributed by atoms with Crippen molar-refractivity contribution in [3.63, 3.8) is 0 Å². The number of amides is 1. The van der Waals surface area contributed by atoms with Crippen LogP contribution in [0.25, 0.3) is 0 Å². The van der Waals surface area contributed by atoms with Crippen LogP contribution in [0.2, 0.25) is 0 Å². The Morgan fingerprint density at radius 3 is 2.41 bits per heavy atom. The summed E-state index contributed by atoms with van der Waals surface area (Å²) < 4.78 is 17.8. The Kier molecular flexibility index (Phi) is 5.61. The maximum Gasteiger partial charge on any atom is 0.292 e. The van der Waals surface area contributed by atoms with E-state index in [1.165, 1.54) is 0 Å². The maximum atomic E-state index is 13.5. The monoisotopic (exact) mass is 395 g/mol. The summed E-state index contributed by atoms with van der Waals surface area (Å²) in [6, 6.07) is 12.1. The number of rotatable bonds is 6. The third kappa shape index (κ3) is 3.53. The molecule has 4 rings (SSSR count). The molecule has 2 aliphatic rings. The highest BCUT2D eigenvalue weighted by Gasteiger charge is 2.56. The topological polar surface area (TPSA) is 48.0 Å². The molecular weight excluding hydrogens is 366 g/mol. The van der Waals surface area contributed by atoms with Gasteiger partial charge in [0.1, 0.15) is 5.75 Å². The molecular formula is C24H29NO4. The molecule has 1 amide bonds. The van der Waals surface area contributed by atoms with E-state index in [2.05, 4.69) is 13.0 Å². The number of carbonyl (C=O) groups is 1. The molecule has 0 aliphatic carbocycles. The van der Waals surface area contributed by atoms with Gasteiger partial charge in [0.25, 0.3) is 11.7 Å². The van der Waals surface area contributed by atoms with Crippen molar-refractivity contribution >= 4 is 11.6 Å². The molecule has 0 unspecified atom stereocenters. The largest absolute Gasteiger partial charge is 0.494 e. The van der Waals surface area contributed by atoms with Crippen LogP contribution >= 0.6 is 0 Å². The first-order chi connectivity index (χ1) is 14.1. The molecule has 2 aromatic carbocycles. The van der Waals surface area contributed by atoms with Gasteiger partial charge in [0, 0.05) is 5.56 Å². The third-order valence-corrected chi connectivity index (χ3v) is 5.64. The van der Waals surface area contributed by atoms with E-state index < -0.39 is 5.79 Å². The number of aryl methyl sites for hydroxylation is 2. The highest BCUT2D eigenvalue weighted by Crippen LogP contribution is 2.48. The van der Waals surface area contributed by atoms with Crippen LogP contribution in [0.15, 0.2) is 36.4 Å². The molecule has 1 saturated heterocycles. The van der Waals surface area contributed by atoms with Gasteiger partial charge in [0.2, 0.25) is 0 Å². The van der Waals surface area contributed by atoms with Gasteiger partial charge < -0.3 is 19.1 Å². The van der Waals surface area contributed by atoms with E-state index in [0.717, 1.165) is 59.6 Å². The molecule has 0 N–H and O–H groups in total. The van der Waals surface area contributed by atoms with Crippen molar-refractivity contribution in [1.29, 1.82) is 0 Å². The van der Waals surface area contributed by atoms with Crippen molar-refractivity contribution in [2.75, 3.05) is 24.7 Å². The average Bonchev–Trinajstić information content (AvgIpc) is 2.96. The lowest BCUT2D eigenvalue weighted by Gasteiger charge is -2.33. The third-order valence-electron chi connectivity index (χ3n) is 5.64. The SMILES string of the molecule is CCCCOc1ccc(CN2C(=O)C3(OCCCO3)c3c(C)ccc(C)c32)cc1. The van der Waals surface area contributed by atoms with Gasteiger partial charge in [-0.05, 0) is 55.5 Å². The lowest BCUT2D eigenvalue weighted by molar-refractivity contribution is -0.257. The first-order valence-electron chi connectivity index (χ1n) is 10.5. The average molecular weight is 395 g/mol. The lowest BCUT2D eigenvalue weighted by atomic mass is 9.97. The van der Waals surface area contributed by atoms with Crippen LogP contribution in [-0.2, 0) is 26.6 Å². The highest BCUT2D eigenvalue weighted by molar-refractivity contribution is 6.07. The predicted octanol–water partition coefficient (Wildman–Crippen LogP) is 4.62. The van der Waals surface area contributed by atoms with Crippen LogP contribution < -0.4 is 9.64 Å². The molecule has 0 aromatic heterocycles. The summed E-state index contributed by atoms with van der Waals surface area (Å²) in [6.45, 7) is 8.44. The Morgan fingerprint density at radius 2 is 1.72 bits per heavy atom. The lowest BCUT2D eigenvalue weighted by Crippen LogP contribution is -2.47. The number of carbonyl (C=O) groups excluding carboxylic acids is 1. The number of ether oxygens (including phenoxy) is 3. The number of hydrogen-bond donors (Lipinski definition) is 0. The van der Waals surface area contributed by atoms with Gasteiger partial charge >= 0.3 is 0 Å². The number of hydrogen-bond acceptors (Lipinski definition) is 4. The van der Waals surface area contributed by atoms with Crippen molar-refractivity contribution in [2.45, 2.75) is 52.4 Å². The second kappa shape index (κ2) is 8.17. The Hall–Kier alpha value is -2.37. The molecule has 154 valence electrons. The first kappa shape index (κ1) is 19.9. The van der Waals surface area contributed by atoms with E-state index in [1.807, 2.05) is 49.1 Å². The van der Waals surface area contributed by atoms with Crippen molar-refractivity contribution in [1.82, 2.24) is 0 Å². The molecule has 5 heteroatoms. The standard InChI is InChI=1S/C24H29NO4/c1-4-5-13-27-20-11-9-19(10-12-20)16-25-22-18(3)8-7-17(2)21(22)24(23(25)26)28-14-6-15-29-24/h7-12H,4-6,13-16H2,1-3H3. The van der Waals surface area contributed by atoms with Crippen molar-refractivity contribution in [2.24, 2.45) is 0 Å². The zero-order chi connectivity index (χ0) is 20.4. The fourth-order valence-electron chi connectivity index (χ4n) is 4.10. The molecule has 0 saturated carbocycles. The van der Waals surface area contributed by atoms with E-state index in [1.54, 1.807) is 0 Å². The van der Waals surface area contributed by atoms with E-state index in [-0.39, 0.29) is 5.91 Å². The van der Waals surface area contributed by atoms with Gasteiger partial charge in [-0.2, -0.15) is 0 Å². The van der Waals surface area contributed by atoms with Gasteiger partial charge in [-0.25, -0.2) is 0 Å². The summed E-state index contributed by atoms with van der Waals surface area (Å²) in [7, 11) is 0. The van der Waals surface area contributed by atoms with Crippen molar-refractivity contribution < 1.29 is 19.0 Å². The summed E-state index contributed by atoms with van der Waals surface area (Å²) in [5, 5.41) is 0. The number of nitrogens with zero attached hydrogens (tertiary/aromatic N) is 1. The van der Waals surface area contributed by atoms with Gasteiger partial charge in [-0.1, -0.05) is 37.6 Å². The zero-order valence-corrected chi connectivity index (χ0v) is 17.5.